The molecule has 1 aromatic heterocycles. The van der Waals surface area contributed by atoms with Crippen molar-refractivity contribution >= 4 is 22.9 Å². The fourth-order valence-corrected chi connectivity index (χ4v) is 3.37. The Morgan fingerprint density at radius 1 is 1.69 bits per heavy atom. The van der Waals surface area contributed by atoms with E-state index in [-0.39, 0.29) is 0 Å². The topological polar surface area (TPSA) is 20.2 Å². The molecule has 72 valence electrons. The van der Waals surface area contributed by atoms with Crippen LogP contribution in [0.2, 0.25) is 5.02 Å². The van der Waals surface area contributed by atoms with E-state index in [1.807, 2.05) is 11.4 Å². The SMILES string of the molecule is CC1CC(O)(Cc2sccc2Cl)C1. The summed E-state index contributed by atoms with van der Waals surface area (Å²) in [6.07, 6.45) is 2.57. The Labute approximate surface area is 87.4 Å². The summed E-state index contributed by atoms with van der Waals surface area (Å²) >= 11 is 7.60. The quantitative estimate of drug-likeness (QED) is 0.806. The highest BCUT2D eigenvalue weighted by Crippen LogP contribution is 2.41. The van der Waals surface area contributed by atoms with Gasteiger partial charge in [-0.1, -0.05) is 18.5 Å². The third-order valence-electron chi connectivity index (χ3n) is 2.64. The Kier molecular flexibility index (Phi) is 2.39. The summed E-state index contributed by atoms with van der Waals surface area (Å²) in [6.45, 7) is 2.17. The molecule has 0 saturated heterocycles. The van der Waals surface area contributed by atoms with Crippen molar-refractivity contribution in [2.24, 2.45) is 5.92 Å². The zero-order chi connectivity index (χ0) is 9.47. The Balaban J connectivity index is 2.03. The molecule has 1 N–H and O–H groups in total. The van der Waals surface area contributed by atoms with Gasteiger partial charge in [-0.2, -0.15) is 0 Å². The summed E-state index contributed by atoms with van der Waals surface area (Å²) in [5.41, 5.74) is -0.464. The molecule has 0 unspecified atom stereocenters. The first-order valence-corrected chi connectivity index (χ1v) is 5.79. The van der Waals surface area contributed by atoms with E-state index in [1.165, 1.54) is 0 Å². The first-order valence-electron chi connectivity index (χ1n) is 4.53. The highest BCUT2D eigenvalue weighted by molar-refractivity contribution is 7.10. The smallest absolute Gasteiger partial charge is 0.0701 e. The Bertz CT molecular complexity index is 302. The molecule has 1 aliphatic rings. The predicted molar refractivity (Wildman–Crippen MR) is 56.4 cm³/mol. The molecule has 2 rings (SSSR count). The number of hydrogen-bond acceptors (Lipinski definition) is 2. The van der Waals surface area contributed by atoms with Crippen LogP contribution < -0.4 is 0 Å². The van der Waals surface area contributed by atoms with Gasteiger partial charge in [0.2, 0.25) is 0 Å². The molecule has 1 aromatic rings. The summed E-state index contributed by atoms with van der Waals surface area (Å²) < 4.78 is 0. The van der Waals surface area contributed by atoms with Gasteiger partial charge in [0.05, 0.1) is 10.6 Å². The number of aliphatic hydroxyl groups is 1. The van der Waals surface area contributed by atoms with Crippen LogP contribution in [0.5, 0.6) is 0 Å². The zero-order valence-corrected chi connectivity index (χ0v) is 9.16. The van der Waals surface area contributed by atoms with E-state index in [0.717, 1.165) is 29.2 Å². The number of rotatable bonds is 2. The summed E-state index contributed by atoms with van der Waals surface area (Å²) in [6, 6.07) is 1.90. The molecule has 0 atom stereocenters. The van der Waals surface area contributed by atoms with Crippen molar-refractivity contribution in [1.29, 1.82) is 0 Å². The second-order valence-electron chi connectivity index (χ2n) is 4.11. The van der Waals surface area contributed by atoms with Gasteiger partial charge in [-0.15, -0.1) is 11.3 Å². The van der Waals surface area contributed by atoms with Crippen LogP contribution in [0.15, 0.2) is 11.4 Å². The van der Waals surface area contributed by atoms with Gasteiger partial charge in [0, 0.05) is 11.3 Å². The minimum Gasteiger partial charge on any atom is -0.389 e. The highest BCUT2D eigenvalue weighted by atomic mass is 35.5. The van der Waals surface area contributed by atoms with Crippen molar-refractivity contribution in [3.8, 4) is 0 Å². The van der Waals surface area contributed by atoms with E-state index in [0.29, 0.717) is 5.92 Å². The standard InChI is InChI=1S/C10H13ClOS/c1-7-4-10(12,5-7)6-9-8(11)2-3-13-9/h2-3,7,12H,4-6H2,1H3. The van der Waals surface area contributed by atoms with Crippen LogP contribution in [0.4, 0.5) is 0 Å². The van der Waals surface area contributed by atoms with E-state index < -0.39 is 5.60 Å². The molecule has 3 heteroatoms. The van der Waals surface area contributed by atoms with Crippen molar-refractivity contribution in [2.75, 3.05) is 0 Å². The molecule has 0 spiro atoms. The second kappa shape index (κ2) is 3.26. The Hall–Kier alpha value is -0.0500. The second-order valence-corrected chi connectivity index (χ2v) is 5.51. The monoisotopic (exact) mass is 216 g/mol. The van der Waals surface area contributed by atoms with Crippen LogP contribution in [0, 0.1) is 5.92 Å². The lowest BCUT2D eigenvalue weighted by atomic mass is 9.70. The fourth-order valence-electron chi connectivity index (χ4n) is 2.13. The van der Waals surface area contributed by atoms with Crippen LogP contribution in [-0.2, 0) is 6.42 Å². The molecule has 1 saturated carbocycles. The highest BCUT2D eigenvalue weighted by Gasteiger charge is 2.40. The molecular weight excluding hydrogens is 204 g/mol. The third kappa shape index (κ3) is 1.90. The summed E-state index contributed by atoms with van der Waals surface area (Å²) in [5.74, 6) is 0.670. The Morgan fingerprint density at radius 2 is 2.38 bits per heavy atom. The molecule has 1 nitrogen and oxygen atoms in total. The van der Waals surface area contributed by atoms with Crippen LogP contribution in [0.1, 0.15) is 24.6 Å². The van der Waals surface area contributed by atoms with Crippen LogP contribution >= 0.6 is 22.9 Å². The number of halogens is 1. The van der Waals surface area contributed by atoms with E-state index in [2.05, 4.69) is 6.92 Å². The lowest BCUT2D eigenvalue weighted by molar-refractivity contribution is -0.0659. The van der Waals surface area contributed by atoms with Crippen molar-refractivity contribution in [1.82, 2.24) is 0 Å². The minimum atomic E-state index is -0.464. The molecule has 0 radical (unpaired) electrons. The van der Waals surface area contributed by atoms with Crippen LogP contribution in [0.3, 0.4) is 0 Å². The van der Waals surface area contributed by atoms with E-state index in [4.69, 9.17) is 11.6 Å². The number of hydrogen-bond donors (Lipinski definition) is 1. The molecule has 0 amide bonds. The molecule has 0 bridgehead atoms. The van der Waals surface area contributed by atoms with Gasteiger partial charge < -0.3 is 5.11 Å². The third-order valence-corrected chi connectivity index (χ3v) is 4.02. The predicted octanol–water partition coefficient (Wildman–Crippen LogP) is 3.11. The summed E-state index contributed by atoms with van der Waals surface area (Å²) in [4.78, 5) is 1.12. The van der Waals surface area contributed by atoms with Gasteiger partial charge in [-0.3, -0.25) is 0 Å². The van der Waals surface area contributed by atoms with Crippen molar-refractivity contribution in [3.63, 3.8) is 0 Å². The molecule has 0 aromatic carbocycles. The molecule has 13 heavy (non-hydrogen) atoms. The van der Waals surface area contributed by atoms with Gasteiger partial charge in [0.25, 0.3) is 0 Å². The molecule has 0 aliphatic heterocycles. The van der Waals surface area contributed by atoms with Crippen molar-refractivity contribution in [2.45, 2.75) is 31.8 Å². The maximum Gasteiger partial charge on any atom is 0.0701 e. The minimum absolute atomic E-state index is 0.464. The molecule has 1 aliphatic carbocycles. The van der Waals surface area contributed by atoms with Crippen LogP contribution in [0.25, 0.3) is 0 Å². The van der Waals surface area contributed by atoms with E-state index >= 15 is 0 Å². The maximum atomic E-state index is 10.0. The lowest BCUT2D eigenvalue weighted by Gasteiger charge is -2.42. The first kappa shape index (κ1) is 9.50. The van der Waals surface area contributed by atoms with Crippen molar-refractivity contribution in [3.05, 3.63) is 21.3 Å². The van der Waals surface area contributed by atoms with Crippen molar-refractivity contribution < 1.29 is 5.11 Å². The molecule has 1 fully saturated rings. The molecule has 1 heterocycles. The maximum absolute atomic E-state index is 10.0. The Morgan fingerprint density at radius 3 is 2.85 bits per heavy atom. The van der Waals surface area contributed by atoms with Gasteiger partial charge in [0.1, 0.15) is 0 Å². The average molecular weight is 217 g/mol. The van der Waals surface area contributed by atoms with E-state index in [9.17, 15) is 5.11 Å². The van der Waals surface area contributed by atoms with E-state index in [1.54, 1.807) is 11.3 Å². The molecular formula is C10H13ClOS. The van der Waals surface area contributed by atoms with Gasteiger partial charge >= 0.3 is 0 Å². The van der Waals surface area contributed by atoms with Gasteiger partial charge in [-0.25, -0.2) is 0 Å². The lowest BCUT2D eigenvalue weighted by Crippen LogP contribution is -2.44. The zero-order valence-electron chi connectivity index (χ0n) is 7.59. The largest absolute Gasteiger partial charge is 0.389 e. The fraction of sp³-hybridized carbons (Fsp3) is 0.600. The van der Waals surface area contributed by atoms with Gasteiger partial charge in [0.15, 0.2) is 0 Å². The van der Waals surface area contributed by atoms with Gasteiger partial charge in [-0.05, 0) is 30.2 Å². The number of thiophene rings is 1. The van der Waals surface area contributed by atoms with Crippen LogP contribution in [-0.4, -0.2) is 10.7 Å². The normalized spacial score (nSPS) is 33.0. The summed E-state index contributed by atoms with van der Waals surface area (Å²) in [5, 5.41) is 12.8. The first-order chi connectivity index (χ1) is 6.09. The average Bonchev–Trinajstić information content (AvgIpc) is 2.33. The summed E-state index contributed by atoms with van der Waals surface area (Å²) in [7, 11) is 0.